The fourth-order valence-electron chi connectivity index (χ4n) is 2.83. The van der Waals surface area contributed by atoms with Crippen molar-refractivity contribution in [3.63, 3.8) is 0 Å². The van der Waals surface area contributed by atoms with Gasteiger partial charge in [-0.2, -0.15) is 5.10 Å². The summed E-state index contributed by atoms with van der Waals surface area (Å²) in [6.45, 7) is 0.668. The standard InChI is InChI=1S/C18H22N4O/c23-18(19-13-11-15-7-2-1-3-8-15)21-16-9-4-5-10-17(16)22-14-6-12-20-22/h4-7,9-10,12,14H,1-3,8,11,13H2,(H2,19,21,23). The number of hydrogen-bond acceptors (Lipinski definition) is 2. The van der Waals surface area contributed by atoms with Gasteiger partial charge in [0.05, 0.1) is 11.4 Å². The van der Waals surface area contributed by atoms with Crippen molar-refractivity contribution < 1.29 is 4.79 Å². The summed E-state index contributed by atoms with van der Waals surface area (Å²) in [4.78, 5) is 12.1. The quantitative estimate of drug-likeness (QED) is 0.823. The van der Waals surface area contributed by atoms with Gasteiger partial charge in [-0.3, -0.25) is 0 Å². The molecule has 5 nitrogen and oxygen atoms in total. The first-order chi connectivity index (χ1) is 11.3. The molecule has 23 heavy (non-hydrogen) atoms. The smallest absolute Gasteiger partial charge is 0.319 e. The second-order valence-electron chi connectivity index (χ2n) is 5.71. The van der Waals surface area contributed by atoms with Crippen LogP contribution in [0.25, 0.3) is 5.69 Å². The molecule has 2 aromatic rings. The Morgan fingerprint density at radius 3 is 2.91 bits per heavy atom. The van der Waals surface area contributed by atoms with Gasteiger partial charge in [-0.15, -0.1) is 0 Å². The maximum absolute atomic E-state index is 12.1. The largest absolute Gasteiger partial charge is 0.338 e. The third kappa shape index (κ3) is 4.22. The van der Waals surface area contributed by atoms with E-state index in [1.807, 2.05) is 36.5 Å². The van der Waals surface area contributed by atoms with Crippen LogP contribution in [-0.4, -0.2) is 22.4 Å². The molecule has 2 N–H and O–H groups in total. The Balaban J connectivity index is 1.55. The topological polar surface area (TPSA) is 59.0 Å². The number of urea groups is 1. The van der Waals surface area contributed by atoms with E-state index in [1.165, 1.54) is 31.3 Å². The van der Waals surface area contributed by atoms with Crippen LogP contribution < -0.4 is 10.6 Å². The lowest BCUT2D eigenvalue weighted by Crippen LogP contribution is -2.30. The minimum Gasteiger partial charge on any atom is -0.338 e. The number of anilines is 1. The summed E-state index contributed by atoms with van der Waals surface area (Å²) in [7, 11) is 0. The van der Waals surface area contributed by atoms with Crippen molar-refractivity contribution in [2.45, 2.75) is 32.1 Å². The van der Waals surface area contributed by atoms with E-state index in [9.17, 15) is 4.79 Å². The second-order valence-corrected chi connectivity index (χ2v) is 5.71. The highest BCUT2D eigenvalue weighted by Gasteiger charge is 2.08. The summed E-state index contributed by atoms with van der Waals surface area (Å²) in [5.41, 5.74) is 3.06. The highest BCUT2D eigenvalue weighted by atomic mass is 16.2. The molecule has 120 valence electrons. The average molecular weight is 310 g/mol. The van der Waals surface area contributed by atoms with E-state index in [1.54, 1.807) is 10.9 Å². The molecular formula is C18H22N4O. The van der Waals surface area contributed by atoms with Crippen molar-refractivity contribution in [3.8, 4) is 5.69 Å². The van der Waals surface area contributed by atoms with Crippen molar-refractivity contribution >= 4 is 11.7 Å². The number of nitrogens with one attached hydrogen (secondary N) is 2. The van der Waals surface area contributed by atoms with Crippen molar-refractivity contribution in [3.05, 3.63) is 54.4 Å². The van der Waals surface area contributed by atoms with E-state index in [0.717, 1.165) is 17.8 Å². The predicted molar refractivity (Wildman–Crippen MR) is 91.8 cm³/mol. The highest BCUT2D eigenvalue weighted by Crippen LogP contribution is 2.20. The molecule has 5 heteroatoms. The van der Waals surface area contributed by atoms with Crippen molar-refractivity contribution in [1.29, 1.82) is 0 Å². The second kappa shape index (κ2) is 7.63. The molecular weight excluding hydrogens is 288 g/mol. The van der Waals surface area contributed by atoms with E-state index in [0.29, 0.717) is 6.54 Å². The Bertz CT molecular complexity index is 676. The fraction of sp³-hybridized carbons (Fsp3) is 0.333. The summed E-state index contributed by atoms with van der Waals surface area (Å²) < 4.78 is 1.74. The maximum Gasteiger partial charge on any atom is 0.319 e. The van der Waals surface area contributed by atoms with Crippen LogP contribution in [0.1, 0.15) is 32.1 Å². The van der Waals surface area contributed by atoms with Gasteiger partial charge in [-0.05, 0) is 50.3 Å². The Hall–Kier alpha value is -2.56. The van der Waals surface area contributed by atoms with Gasteiger partial charge in [0.15, 0.2) is 0 Å². The van der Waals surface area contributed by atoms with Gasteiger partial charge in [-0.1, -0.05) is 23.8 Å². The number of hydrogen-bond donors (Lipinski definition) is 2. The van der Waals surface area contributed by atoms with Crippen LogP contribution in [0.5, 0.6) is 0 Å². The minimum atomic E-state index is -0.180. The molecule has 0 saturated carbocycles. The summed E-state index contributed by atoms with van der Waals surface area (Å²) in [5.74, 6) is 0. The van der Waals surface area contributed by atoms with E-state index in [4.69, 9.17) is 0 Å². The number of amides is 2. The third-order valence-electron chi connectivity index (χ3n) is 4.02. The number of para-hydroxylation sites is 2. The number of nitrogens with zero attached hydrogens (tertiary/aromatic N) is 2. The molecule has 1 aliphatic carbocycles. The molecule has 0 unspecified atom stereocenters. The molecule has 0 aliphatic heterocycles. The van der Waals surface area contributed by atoms with Gasteiger partial charge in [0.2, 0.25) is 0 Å². The van der Waals surface area contributed by atoms with Crippen LogP contribution in [0.3, 0.4) is 0 Å². The summed E-state index contributed by atoms with van der Waals surface area (Å²) in [5, 5.41) is 10.1. The molecule has 1 aromatic heterocycles. The minimum absolute atomic E-state index is 0.180. The van der Waals surface area contributed by atoms with Crippen LogP contribution in [-0.2, 0) is 0 Å². The van der Waals surface area contributed by atoms with Crippen LogP contribution in [0.4, 0.5) is 10.5 Å². The number of aromatic nitrogens is 2. The van der Waals surface area contributed by atoms with E-state index in [-0.39, 0.29) is 6.03 Å². The Kier molecular flexibility index (Phi) is 5.09. The third-order valence-corrected chi connectivity index (χ3v) is 4.02. The molecule has 0 atom stereocenters. The predicted octanol–water partition coefficient (Wildman–Crippen LogP) is 3.88. The Morgan fingerprint density at radius 2 is 2.13 bits per heavy atom. The number of carbonyl (C=O) groups excluding carboxylic acids is 1. The lowest BCUT2D eigenvalue weighted by Gasteiger charge is -2.14. The zero-order valence-corrected chi connectivity index (χ0v) is 13.2. The molecule has 0 fully saturated rings. The molecule has 0 radical (unpaired) electrons. The first kappa shape index (κ1) is 15.3. The normalized spacial score (nSPS) is 14.2. The molecule has 1 aliphatic rings. The molecule has 1 aromatic carbocycles. The summed E-state index contributed by atoms with van der Waals surface area (Å²) in [6.07, 6.45) is 11.7. The Labute approximate surface area is 136 Å². The number of carbonyl (C=O) groups is 1. The number of allylic oxidation sites excluding steroid dienone is 1. The van der Waals surface area contributed by atoms with Gasteiger partial charge in [-0.25, -0.2) is 9.48 Å². The van der Waals surface area contributed by atoms with Crippen molar-refractivity contribution in [1.82, 2.24) is 15.1 Å². The SMILES string of the molecule is O=C(NCCC1=CCCCC1)Nc1ccccc1-n1cccn1. The lowest BCUT2D eigenvalue weighted by atomic mass is 9.97. The maximum atomic E-state index is 12.1. The van der Waals surface area contributed by atoms with Crippen LogP contribution in [0, 0.1) is 0 Å². The highest BCUT2D eigenvalue weighted by molar-refractivity contribution is 5.91. The van der Waals surface area contributed by atoms with Gasteiger partial charge in [0, 0.05) is 18.9 Å². The van der Waals surface area contributed by atoms with Crippen LogP contribution in [0.15, 0.2) is 54.4 Å². The summed E-state index contributed by atoms with van der Waals surface area (Å²) in [6, 6.07) is 9.30. The van der Waals surface area contributed by atoms with Gasteiger partial charge in [0.25, 0.3) is 0 Å². The molecule has 1 heterocycles. The first-order valence-corrected chi connectivity index (χ1v) is 8.15. The molecule has 3 rings (SSSR count). The van der Waals surface area contributed by atoms with Crippen molar-refractivity contribution in [2.75, 3.05) is 11.9 Å². The molecule has 2 amide bonds. The van der Waals surface area contributed by atoms with Crippen molar-refractivity contribution in [2.24, 2.45) is 0 Å². The first-order valence-electron chi connectivity index (χ1n) is 8.15. The van der Waals surface area contributed by atoms with Crippen LogP contribution in [0.2, 0.25) is 0 Å². The average Bonchev–Trinajstić information content (AvgIpc) is 3.11. The monoisotopic (exact) mass is 310 g/mol. The van der Waals surface area contributed by atoms with Gasteiger partial charge in [0.1, 0.15) is 0 Å². The zero-order chi connectivity index (χ0) is 15.9. The van der Waals surface area contributed by atoms with E-state index in [2.05, 4.69) is 21.8 Å². The molecule has 0 bridgehead atoms. The summed E-state index contributed by atoms with van der Waals surface area (Å²) >= 11 is 0. The lowest BCUT2D eigenvalue weighted by molar-refractivity contribution is 0.252. The Morgan fingerprint density at radius 1 is 1.22 bits per heavy atom. The van der Waals surface area contributed by atoms with Crippen LogP contribution >= 0.6 is 0 Å². The van der Waals surface area contributed by atoms with E-state index < -0.39 is 0 Å². The number of benzene rings is 1. The van der Waals surface area contributed by atoms with Gasteiger partial charge >= 0.3 is 6.03 Å². The van der Waals surface area contributed by atoms with Gasteiger partial charge < -0.3 is 10.6 Å². The molecule has 0 saturated heterocycles. The fourth-order valence-corrected chi connectivity index (χ4v) is 2.83. The number of rotatable bonds is 5. The zero-order valence-electron chi connectivity index (χ0n) is 13.2. The molecule has 0 spiro atoms. The van der Waals surface area contributed by atoms with E-state index >= 15 is 0 Å².